The lowest BCUT2D eigenvalue weighted by molar-refractivity contribution is 0.0992. The van der Waals surface area contributed by atoms with Crippen molar-refractivity contribution in [2.45, 2.75) is 0 Å². The Hall–Kier alpha value is -3.02. The fraction of sp³-hybridized carbons (Fsp3) is 0.0667. The number of nitrogens with zero attached hydrogens (tertiary/aromatic N) is 1. The van der Waals surface area contributed by atoms with E-state index in [1.54, 1.807) is 24.3 Å². The van der Waals surface area contributed by atoms with E-state index >= 15 is 0 Å². The number of anilines is 4. The average Bonchev–Trinajstić information content (AvgIpc) is 2.46. The molecule has 106 valence electrons. The van der Waals surface area contributed by atoms with Gasteiger partial charge in [0.1, 0.15) is 0 Å². The molecule has 21 heavy (non-hydrogen) atoms. The van der Waals surface area contributed by atoms with Crippen LogP contribution in [0.25, 0.3) is 0 Å². The van der Waals surface area contributed by atoms with Gasteiger partial charge in [-0.15, -0.1) is 0 Å². The monoisotopic (exact) mass is 282 g/mol. The van der Waals surface area contributed by atoms with Crippen LogP contribution in [0.3, 0.4) is 0 Å². The Balaban J connectivity index is 2.24. The van der Waals surface area contributed by atoms with E-state index in [4.69, 9.17) is 11.5 Å². The predicted octanol–water partition coefficient (Wildman–Crippen LogP) is 1.71. The van der Waals surface area contributed by atoms with Crippen molar-refractivity contribution in [2.75, 3.05) is 17.3 Å². The largest absolute Gasteiger partial charge is 0.366 e. The summed E-state index contributed by atoms with van der Waals surface area (Å²) in [7, 11) is 1.82. The van der Waals surface area contributed by atoms with Crippen molar-refractivity contribution in [3.63, 3.8) is 0 Å². The van der Waals surface area contributed by atoms with Gasteiger partial charge in [0.25, 0.3) is 11.8 Å². The standard InChI is InChI=1S/C15H14N4O2/c1-19-11-7-3-4-8(14(16)20)12(11)18-10-6-2-5-9(13(10)19)15(17)21/h2-7,18H,1H3,(H2,16,20)(H2,17,21). The summed E-state index contributed by atoms with van der Waals surface area (Å²) >= 11 is 0. The van der Waals surface area contributed by atoms with Crippen LogP contribution in [0.15, 0.2) is 36.4 Å². The number of benzene rings is 2. The van der Waals surface area contributed by atoms with Gasteiger partial charge in [-0.3, -0.25) is 9.59 Å². The van der Waals surface area contributed by atoms with Crippen molar-refractivity contribution in [3.8, 4) is 0 Å². The molecule has 3 rings (SSSR count). The third-order valence-corrected chi connectivity index (χ3v) is 3.57. The summed E-state index contributed by atoms with van der Waals surface area (Å²) in [5.41, 5.74) is 14.4. The van der Waals surface area contributed by atoms with E-state index in [1.165, 1.54) is 0 Å². The highest BCUT2D eigenvalue weighted by Gasteiger charge is 2.26. The van der Waals surface area contributed by atoms with Crippen LogP contribution >= 0.6 is 0 Å². The summed E-state index contributed by atoms with van der Waals surface area (Å²) in [6.07, 6.45) is 0. The predicted molar refractivity (Wildman–Crippen MR) is 81.3 cm³/mol. The number of carbonyl (C=O) groups excluding carboxylic acids is 2. The molecular formula is C15H14N4O2. The maximum absolute atomic E-state index is 11.6. The van der Waals surface area contributed by atoms with Crippen LogP contribution in [0.5, 0.6) is 0 Å². The van der Waals surface area contributed by atoms with E-state index in [9.17, 15) is 9.59 Å². The lowest BCUT2D eigenvalue weighted by Crippen LogP contribution is -2.25. The summed E-state index contributed by atoms with van der Waals surface area (Å²) in [5, 5.41) is 3.17. The van der Waals surface area contributed by atoms with Crippen LogP contribution in [-0.2, 0) is 0 Å². The number of nitrogens with one attached hydrogen (secondary N) is 1. The number of para-hydroxylation sites is 2. The van der Waals surface area contributed by atoms with Gasteiger partial charge in [-0.05, 0) is 24.3 Å². The van der Waals surface area contributed by atoms with E-state index in [-0.39, 0.29) is 0 Å². The Bertz CT molecular complexity index is 770. The first-order valence-electron chi connectivity index (χ1n) is 6.37. The summed E-state index contributed by atoms with van der Waals surface area (Å²) in [6.45, 7) is 0. The summed E-state index contributed by atoms with van der Waals surface area (Å²) in [5.74, 6) is -1.02. The quantitative estimate of drug-likeness (QED) is 0.780. The molecule has 2 amide bonds. The minimum Gasteiger partial charge on any atom is -0.366 e. The van der Waals surface area contributed by atoms with Crippen LogP contribution in [0.2, 0.25) is 0 Å². The number of hydrogen-bond acceptors (Lipinski definition) is 4. The summed E-state index contributed by atoms with van der Waals surface area (Å²) < 4.78 is 0. The van der Waals surface area contributed by atoms with Crippen molar-refractivity contribution < 1.29 is 9.59 Å². The number of nitrogens with two attached hydrogens (primary N) is 2. The fourth-order valence-electron chi connectivity index (χ4n) is 2.62. The normalized spacial score (nSPS) is 12.1. The number of carbonyl (C=O) groups is 2. The first-order valence-corrected chi connectivity index (χ1v) is 6.37. The summed E-state index contributed by atoms with van der Waals surface area (Å²) in [6, 6.07) is 10.5. The molecule has 2 aromatic rings. The third kappa shape index (κ3) is 1.88. The molecule has 0 radical (unpaired) electrons. The van der Waals surface area contributed by atoms with Crippen LogP contribution in [-0.4, -0.2) is 18.9 Å². The van der Waals surface area contributed by atoms with E-state index < -0.39 is 11.8 Å². The molecule has 0 spiro atoms. The molecule has 0 atom stereocenters. The number of hydrogen-bond donors (Lipinski definition) is 3. The van der Waals surface area contributed by atoms with E-state index in [0.717, 1.165) is 5.69 Å². The number of primary amides is 2. The molecule has 2 aromatic carbocycles. The molecule has 0 aliphatic carbocycles. The Morgan fingerprint density at radius 1 is 1.00 bits per heavy atom. The second-order valence-corrected chi connectivity index (χ2v) is 4.81. The molecule has 6 heteroatoms. The highest BCUT2D eigenvalue weighted by atomic mass is 16.1. The zero-order valence-corrected chi connectivity index (χ0v) is 11.4. The Labute approximate surface area is 121 Å². The minimum absolute atomic E-state index is 0.398. The maximum atomic E-state index is 11.6. The van der Waals surface area contributed by atoms with Gasteiger partial charge < -0.3 is 21.7 Å². The van der Waals surface area contributed by atoms with Crippen LogP contribution in [0.4, 0.5) is 22.7 Å². The maximum Gasteiger partial charge on any atom is 0.250 e. The zero-order chi connectivity index (χ0) is 15.1. The molecule has 1 aliphatic rings. The van der Waals surface area contributed by atoms with Crippen molar-refractivity contribution in [2.24, 2.45) is 11.5 Å². The van der Waals surface area contributed by atoms with E-state index in [0.29, 0.717) is 28.2 Å². The first kappa shape index (κ1) is 13.0. The molecule has 6 nitrogen and oxygen atoms in total. The highest BCUT2D eigenvalue weighted by Crippen LogP contribution is 2.45. The lowest BCUT2D eigenvalue weighted by Gasteiger charge is -2.33. The molecular weight excluding hydrogens is 268 g/mol. The van der Waals surface area contributed by atoms with Crippen molar-refractivity contribution in [1.29, 1.82) is 0 Å². The van der Waals surface area contributed by atoms with Gasteiger partial charge in [-0.2, -0.15) is 0 Å². The van der Waals surface area contributed by atoms with Gasteiger partial charge in [0.15, 0.2) is 0 Å². The van der Waals surface area contributed by atoms with Crippen LogP contribution in [0, 0.1) is 0 Å². The van der Waals surface area contributed by atoms with E-state index in [2.05, 4.69) is 5.32 Å². The number of rotatable bonds is 2. The Kier molecular flexibility index (Phi) is 2.79. The van der Waals surface area contributed by atoms with Gasteiger partial charge in [0.2, 0.25) is 0 Å². The van der Waals surface area contributed by atoms with Gasteiger partial charge in [-0.1, -0.05) is 12.1 Å². The third-order valence-electron chi connectivity index (χ3n) is 3.57. The molecule has 0 unspecified atom stereocenters. The topological polar surface area (TPSA) is 101 Å². The second-order valence-electron chi connectivity index (χ2n) is 4.81. The molecule has 0 fully saturated rings. The highest BCUT2D eigenvalue weighted by molar-refractivity contribution is 6.09. The fourth-order valence-corrected chi connectivity index (χ4v) is 2.62. The molecule has 1 aliphatic heterocycles. The molecule has 0 saturated heterocycles. The zero-order valence-electron chi connectivity index (χ0n) is 11.4. The van der Waals surface area contributed by atoms with E-state index in [1.807, 2.05) is 24.1 Å². The molecule has 5 N–H and O–H groups in total. The second kappa shape index (κ2) is 4.52. The molecule has 0 bridgehead atoms. The summed E-state index contributed by atoms with van der Waals surface area (Å²) in [4.78, 5) is 25.0. The molecule has 0 saturated carbocycles. The smallest absolute Gasteiger partial charge is 0.250 e. The van der Waals surface area contributed by atoms with Gasteiger partial charge in [0, 0.05) is 7.05 Å². The van der Waals surface area contributed by atoms with Gasteiger partial charge in [0.05, 0.1) is 33.9 Å². The molecule has 0 aromatic heterocycles. The van der Waals surface area contributed by atoms with Crippen LogP contribution < -0.4 is 21.7 Å². The molecule has 1 heterocycles. The van der Waals surface area contributed by atoms with Crippen molar-refractivity contribution in [3.05, 3.63) is 47.5 Å². The first-order chi connectivity index (χ1) is 10.0. The van der Waals surface area contributed by atoms with Crippen molar-refractivity contribution >= 4 is 34.6 Å². The van der Waals surface area contributed by atoms with Crippen LogP contribution in [0.1, 0.15) is 20.7 Å². The van der Waals surface area contributed by atoms with Crippen molar-refractivity contribution in [1.82, 2.24) is 0 Å². The number of amides is 2. The minimum atomic E-state index is -0.512. The Morgan fingerprint density at radius 2 is 1.62 bits per heavy atom. The Morgan fingerprint density at radius 3 is 2.29 bits per heavy atom. The number of fused-ring (bicyclic) bond motifs is 2. The van der Waals surface area contributed by atoms with Gasteiger partial charge in [-0.25, -0.2) is 0 Å². The lowest BCUT2D eigenvalue weighted by atomic mass is 10.0. The average molecular weight is 282 g/mol. The van der Waals surface area contributed by atoms with Gasteiger partial charge >= 0.3 is 0 Å². The SMILES string of the molecule is CN1c2cccc(C(N)=O)c2Nc2cccc(C(N)=O)c21.